The zero-order valence-electron chi connectivity index (χ0n) is 13.9. The van der Waals surface area contributed by atoms with Gasteiger partial charge in [-0.2, -0.15) is 9.41 Å². The normalized spacial score (nSPS) is 20.0. The van der Waals surface area contributed by atoms with Gasteiger partial charge >= 0.3 is 0 Å². The molecule has 1 aromatic rings. The van der Waals surface area contributed by atoms with Gasteiger partial charge < -0.3 is 0 Å². The SMILES string of the molecule is CC1=C/C(=N/Nc2ccc(S(=O)(=O)N3CCCC3)cc2[N+](=O)[O-])CC1. The van der Waals surface area contributed by atoms with Crippen molar-refractivity contribution in [3.05, 3.63) is 40.0 Å². The van der Waals surface area contributed by atoms with Gasteiger partial charge in [-0.3, -0.25) is 15.5 Å². The van der Waals surface area contributed by atoms with Crippen LogP contribution >= 0.6 is 0 Å². The molecule has 0 saturated carbocycles. The largest absolute Gasteiger partial charge is 0.295 e. The van der Waals surface area contributed by atoms with Gasteiger partial charge in [-0.25, -0.2) is 8.42 Å². The van der Waals surface area contributed by atoms with Crippen molar-refractivity contribution in [1.29, 1.82) is 0 Å². The molecule has 1 N–H and O–H groups in total. The van der Waals surface area contributed by atoms with E-state index in [1.54, 1.807) is 0 Å². The lowest BCUT2D eigenvalue weighted by Gasteiger charge is -2.15. The Morgan fingerprint density at radius 2 is 1.96 bits per heavy atom. The van der Waals surface area contributed by atoms with Crippen LogP contribution < -0.4 is 5.43 Å². The van der Waals surface area contributed by atoms with Crippen molar-refractivity contribution in [2.24, 2.45) is 5.10 Å². The van der Waals surface area contributed by atoms with Crippen LogP contribution in [0, 0.1) is 10.1 Å². The highest BCUT2D eigenvalue weighted by molar-refractivity contribution is 7.89. The van der Waals surface area contributed by atoms with Gasteiger partial charge in [0.2, 0.25) is 10.0 Å². The molecule has 134 valence electrons. The van der Waals surface area contributed by atoms with E-state index >= 15 is 0 Å². The Hall–Kier alpha value is -2.26. The highest BCUT2D eigenvalue weighted by Crippen LogP contribution is 2.30. The van der Waals surface area contributed by atoms with Crippen LogP contribution in [0.1, 0.15) is 32.6 Å². The van der Waals surface area contributed by atoms with Gasteiger partial charge in [0, 0.05) is 19.2 Å². The molecule has 0 bridgehead atoms. The molecule has 0 amide bonds. The van der Waals surface area contributed by atoms with E-state index < -0.39 is 14.9 Å². The number of sulfonamides is 1. The van der Waals surface area contributed by atoms with Crippen LogP contribution in [-0.4, -0.2) is 36.4 Å². The third-order valence-electron chi connectivity index (χ3n) is 4.38. The summed E-state index contributed by atoms with van der Waals surface area (Å²) in [5.41, 5.74) is 4.60. The summed E-state index contributed by atoms with van der Waals surface area (Å²) in [6.07, 6.45) is 5.27. The molecular formula is C16H20N4O4S. The topological polar surface area (TPSA) is 105 Å². The highest BCUT2D eigenvalue weighted by Gasteiger charge is 2.29. The molecule has 8 nitrogen and oxygen atoms in total. The first-order valence-electron chi connectivity index (χ1n) is 8.16. The average molecular weight is 364 g/mol. The lowest BCUT2D eigenvalue weighted by molar-refractivity contribution is -0.384. The van der Waals surface area contributed by atoms with Crippen molar-refractivity contribution in [2.75, 3.05) is 18.5 Å². The maximum Gasteiger partial charge on any atom is 0.295 e. The van der Waals surface area contributed by atoms with E-state index in [1.165, 1.54) is 22.0 Å². The van der Waals surface area contributed by atoms with Crippen molar-refractivity contribution in [3.8, 4) is 0 Å². The molecule has 0 atom stereocenters. The van der Waals surface area contributed by atoms with Crippen molar-refractivity contribution in [1.82, 2.24) is 4.31 Å². The minimum Gasteiger partial charge on any atom is -0.271 e. The van der Waals surface area contributed by atoms with Gasteiger partial charge in [0.25, 0.3) is 5.69 Å². The van der Waals surface area contributed by atoms with Gasteiger partial charge in [-0.05, 0) is 50.8 Å². The standard InChI is InChI=1S/C16H20N4O4S/c1-12-4-5-13(10-12)17-18-15-7-6-14(11-16(15)20(21)22)25(23,24)19-8-2-3-9-19/h6-7,10-11,18H,2-5,8-9H2,1H3/b17-13+. The number of nitrogens with zero attached hydrogens (tertiary/aromatic N) is 3. The lowest BCUT2D eigenvalue weighted by atomic mass is 10.3. The number of anilines is 1. The van der Waals surface area contributed by atoms with E-state index in [0.717, 1.165) is 37.5 Å². The summed E-state index contributed by atoms with van der Waals surface area (Å²) in [4.78, 5) is 10.7. The number of hydrogen-bond acceptors (Lipinski definition) is 6. The van der Waals surface area contributed by atoms with Crippen LogP contribution in [0.2, 0.25) is 0 Å². The molecule has 9 heteroatoms. The Kier molecular flexibility index (Phi) is 4.87. The molecule has 1 saturated heterocycles. The number of allylic oxidation sites excluding steroid dienone is 2. The van der Waals surface area contributed by atoms with E-state index in [4.69, 9.17) is 0 Å². The Bertz CT molecular complexity index is 855. The highest BCUT2D eigenvalue weighted by atomic mass is 32.2. The maximum absolute atomic E-state index is 12.6. The first-order chi connectivity index (χ1) is 11.9. The van der Waals surface area contributed by atoms with Gasteiger partial charge in [-0.15, -0.1) is 0 Å². The molecule has 0 radical (unpaired) electrons. The fourth-order valence-corrected chi connectivity index (χ4v) is 4.51. The number of hydrazone groups is 1. The van der Waals surface area contributed by atoms with Crippen LogP contribution in [0.5, 0.6) is 0 Å². The Balaban J connectivity index is 1.89. The number of hydrogen-bond donors (Lipinski definition) is 1. The van der Waals surface area contributed by atoms with E-state index in [-0.39, 0.29) is 16.3 Å². The molecule has 2 aliphatic rings. The van der Waals surface area contributed by atoms with E-state index in [2.05, 4.69) is 10.5 Å². The summed E-state index contributed by atoms with van der Waals surface area (Å²) < 4.78 is 26.5. The molecule has 0 aromatic heterocycles. The summed E-state index contributed by atoms with van der Waals surface area (Å²) in [7, 11) is -3.69. The van der Waals surface area contributed by atoms with Crippen molar-refractivity contribution < 1.29 is 13.3 Å². The van der Waals surface area contributed by atoms with Gasteiger partial charge in [-0.1, -0.05) is 5.57 Å². The number of nitrogens with one attached hydrogen (secondary N) is 1. The third-order valence-corrected chi connectivity index (χ3v) is 6.27. The molecule has 1 heterocycles. The predicted octanol–water partition coefficient (Wildman–Crippen LogP) is 2.89. The zero-order valence-corrected chi connectivity index (χ0v) is 14.8. The molecule has 1 aromatic carbocycles. The molecule has 1 fully saturated rings. The van der Waals surface area contributed by atoms with Crippen molar-refractivity contribution >= 4 is 27.1 Å². The third kappa shape index (κ3) is 3.72. The van der Waals surface area contributed by atoms with Gasteiger partial charge in [0.05, 0.1) is 15.5 Å². The van der Waals surface area contributed by atoms with Crippen molar-refractivity contribution in [3.63, 3.8) is 0 Å². The summed E-state index contributed by atoms with van der Waals surface area (Å²) >= 11 is 0. The summed E-state index contributed by atoms with van der Waals surface area (Å²) in [5, 5.41) is 15.5. The average Bonchev–Trinajstić information content (AvgIpc) is 3.24. The smallest absolute Gasteiger partial charge is 0.271 e. The van der Waals surface area contributed by atoms with E-state index in [1.807, 2.05) is 13.0 Å². The molecular weight excluding hydrogens is 344 g/mol. The fraction of sp³-hybridized carbons (Fsp3) is 0.438. The zero-order chi connectivity index (χ0) is 18.0. The lowest BCUT2D eigenvalue weighted by Crippen LogP contribution is -2.27. The quantitative estimate of drug-likeness (QED) is 0.639. The fourth-order valence-electron chi connectivity index (χ4n) is 2.97. The second-order valence-corrected chi connectivity index (χ2v) is 8.19. The summed E-state index contributed by atoms with van der Waals surface area (Å²) in [5.74, 6) is 0. The molecule has 0 spiro atoms. The van der Waals surface area contributed by atoms with Crippen LogP contribution in [-0.2, 0) is 10.0 Å². The monoisotopic (exact) mass is 364 g/mol. The Morgan fingerprint density at radius 1 is 1.24 bits per heavy atom. The minimum atomic E-state index is -3.69. The molecule has 1 aliphatic carbocycles. The first kappa shape index (κ1) is 17.6. The molecule has 1 aliphatic heterocycles. The van der Waals surface area contributed by atoms with Crippen LogP contribution in [0.15, 0.2) is 39.8 Å². The summed E-state index contributed by atoms with van der Waals surface area (Å²) in [6.45, 7) is 2.91. The molecule has 25 heavy (non-hydrogen) atoms. The minimum absolute atomic E-state index is 0.0593. The second-order valence-electron chi connectivity index (χ2n) is 6.25. The van der Waals surface area contributed by atoms with Gasteiger partial charge in [0.15, 0.2) is 0 Å². The maximum atomic E-state index is 12.6. The predicted molar refractivity (Wildman–Crippen MR) is 95.1 cm³/mol. The number of nitro groups is 1. The van der Waals surface area contributed by atoms with Crippen molar-refractivity contribution in [2.45, 2.75) is 37.5 Å². The molecule has 0 unspecified atom stereocenters. The number of nitro benzene ring substituents is 1. The van der Waals surface area contributed by atoms with Crippen LogP contribution in [0.25, 0.3) is 0 Å². The van der Waals surface area contributed by atoms with Crippen LogP contribution in [0.3, 0.4) is 0 Å². The first-order valence-corrected chi connectivity index (χ1v) is 9.60. The molecule has 3 rings (SSSR count). The second kappa shape index (κ2) is 6.93. The number of benzene rings is 1. The van der Waals surface area contributed by atoms with Crippen LogP contribution in [0.4, 0.5) is 11.4 Å². The van der Waals surface area contributed by atoms with E-state index in [9.17, 15) is 18.5 Å². The van der Waals surface area contributed by atoms with E-state index in [0.29, 0.717) is 13.1 Å². The Morgan fingerprint density at radius 3 is 2.56 bits per heavy atom. The summed E-state index contributed by atoms with van der Waals surface area (Å²) in [6, 6.07) is 3.89. The van der Waals surface area contributed by atoms with Gasteiger partial charge in [0.1, 0.15) is 5.69 Å². The Labute approximate surface area is 146 Å². The number of rotatable bonds is 5.